The van der Waals surface area contributed by atoms with Crippen LogP contribution in [-0.4, -0.2) is 26.1 Å². The molecule has 0 atom stereocenters. The van der Waals surface area contributed by atoms with E-state index in [0.29, 0.717) is 39.4 Å². The van der Waals surface area contributed by atoms with Gasteiger partial charge in [-0.3, -0.25) is 4.79 Å². The molecule has 0 fully saturated rings. The van der Waals surface area contributed by atoms with Crippen LogP contribution in [0.15, 0.2) is 42.5 Å². The minimum Gasteiger partial charge on any atom is -0.486 e. The van der Waals surface area contributed by atoms with Crippen molar-refractivity contribution in [2.45, 2.75) is 20.1 Å². The molecule has 2 aromatic carbocycles. The Morgan fingerprint density at radius 2 is 2.08 bits per heavy atom. The molecule has 1 heterocycles. The van der Waals surface area contributed by atoms with Crippen molar-refractivity contribution >= 4 is 34.8 Å². The van der Waals surface area contributed by atoms with Crippen LogP contribution >= 0.6 is 23.2 Å². The van der Waals surface area contributed by atoms with Crippen molar-refractivity contribution < 1.29 is 9.53 Å². The zero-order chi connectivity index (χ0) is 18.5. The van der Waals surface area contributed by atoms with E-state index in [0.717, 1.165) is 0 Å². The van der Waals surface area contributed by atoms with Gasteiger partial charge in [-0.05, 0) is 53.7 Å². The zero-order valence-electron chi connectivity index (χ0n) is 13.8. The number of anilines is 1. The number of ether oxygens (including phenoxy) is 1. The molecule has 7 nitrogen and oxygen atoms in total. The number of benzene rings is 2. The molecule has 1 aromatic heterocycles. The Hall–Kier alpha value is -2.64. The fraction of sp³-hybridized carbons (Fsp3) is 0.176. The van der Waals surface area contributed by atoms with Gasteiger partial charge in [0, 0.05) is 17.1 Å². The number of tetrazole rings is 1. The van der Waals surface area contributed by atoms with Crippen LogP contribution in [0.4, 0.5) is 5.69 Å². The highest BCUT2D eigenvalue weighted by Crippen LogP contribution is 2.26. The molecule has 0 aliphatic heterocycles. The molecule has 0 aliphatic carbocycles. The van der Waals surface area contributed by atoms with E-state index < -0.39 is 0 Å². The van der Waals surface area contributed by atoms with Crippen molar-refractivity contribution in [2.24, 2.45) is 0 Å². The first-order valence-electron chi connectivity index (χ1n) is 7.81. The van der Waals surface area contributed by atoms with Gasteiger partial charge in [0.15, 0.2) is 5.82 Å². The van der Waals surface area contributed by atoms with Crippen molar-refractivity contribution in [1.29, 1.82) is 0 Å². The van der Waals surface area contributed by atoms with E-state index in [2.05, 4.69) is 20.8 Å². The van der Waals surface area contributed by atoms with Gasteiger partial charge >= 0.3 is 0 Å². The number of rotatable bonds is 6. The molecule has 0 saturated heterocycles. The van der Waals surface area contributed by atoms with Crippen LogP contribution in [-0.2, 0) is 13.2 Å². The van der Waals surface area contributed by atoms with E-state index in [-0.39, 0.29) is 12.5 Å². The summed E-state index contributed by atoms with van der Waals surface area (Å²) in [7, 11) is 0. The maximum absolute atomic E-state index is 12.5. The maximum Gasteiger partial charge on any atom is 0.255 e. The monoisotopic (exact) mass is 391 g/mol. The molecule has 134 valence electrons. The first-order chi connectivity index (χ1) is 12.6. The fourth-order valence-electron chi connectivity index (χ4n) is 2.24. The number of aromatic nitrogens is 4. The predicted octanol–water partition coefficient (Wildman–Crippen LogP) is 3.83. The molecule has 0 unspecified atom stereocenters. The third-order valence-electron chi connectivity index (χ3n) is 3.55. The molecule has 0 bridgehead atoms. The van der Waals surface area contributed by atoms with Gasteiger partial charge in [-0.25, -0.2) is 4.68 Å². The van der Waals surface area contributed by atoms with Crippen LogP contribution < -0.4 is 10.1 Å². The highest BCUT2D eigenvalue weighted by molar-refractivity contribution is 6.35. The average molecular weight is 392 g/mol. The van der Waals surface area contributed by atoms with Crippen molar-refractivity contribution in [2.75, 3.05) is 5.32 Å². The summed E-state index contributed by atoms with van der Waals surface area (Å²) in [5.74, 6) is 0.812. The number of nitrogens with zero attached hydrogens (tertiary/aromatic N) is 4. The number of nitrogens with one attached hydrogen (secondary N) is 1. The van der Waals surface area contributed by atoms with E-state index in [9.17, 15) is 4.79 Å². The molecule has 0 aliphatic rings. The molecule has 0 spiro atoms. The van der Waals surface area contributed by atoms with E-state index in [1.54, 1.807) is 47.1 Å². The lowest BCUT2D eigenvalue weighted by Gasteiger charge is -2.10. The van der Waals surface area contributed by atoms with E-state index >= 15 is 0 Å². The molecule has 3 aromatic rings. The van der Waals surface area contributed by atoms with Gasteiger partial charge in [-0.1, -0.05) is 29.3 Å². The highest BCUT2D eigenvalue weighted by Gasteiger charge is 2.11. The van der Waals surface area contributed by atoms with Crippen LogP contribution in [0.25, 0.3) is 0 Å². The first kappa shape index (κ1) is 18.2. The first-order valence-corrected chi connectivity index (χ1v) is 8.56. The van der Waals surface area contributed by atoms with Gasteiger partial charge in [-0.15, -0.1) is 5.10 Å². The number of carbonyl (C=O) groups excluding carboxylic acids is 1. The van der Waals surface area contributed by atoms with Gasteiger partial charge in [0.25, 0.3) is 5.91 Å². The summed E-state index contributed by atoms with van der Waals surface area (Å²) in [6, 6.07) is 11.7. The standard InChI is InChI=1S/C17H15Cl2N5O2/c1-2-24-16(21-22-23-24)10-26-13-5-3-4-11(8-13)17(25)20-15-9-12(18)6-7-14(15)19/h3-9H,2,10H2,1H3,(H,20,25). The smallest absolute Gasteiger partial charge is 0.255 e. The maximum atomic E-state index is 12.5. The molecular formula is C17H15Cl2N5O2. The number of aryl methyl sites for hydroxylation is 1. The van der Waals surface area contributed by atoms with Gasteiger partial charge < -0.3 is 10.1 Å². The summed E-state index contributed by atoms with van der Waals surface area (Å²) >= 11 is 12.0. The summed E-state index contributed by atoms with van der Waals surface area (Å²) in [5, 5.41) is 15.0. The Morgan fingerprint density at radius 1 is 1.23 bits per heavy atom. The highest BCUT2D eigenvalue weighted by atomic mass is 35.5. The normalized spacial score (nSPS) is 10.6. The molecule has 0 saturated carbocycles. The van der Waals surface area contributed by atoms with Crippen LogP contribution in [0.3, 0.4) is 0 Å². The Bertz CT molecular complexity index is 929. The minimum absolute atomic E-state index is 0.200. The molecular weight excluding hydrogens is 377 g/mol. The largest absolute Gasteiger partial charge is 0.486 e. The number of halogens is 2. The minimum atomic E-state index is -0.321. The van der Waals surface area contributed by atoms with Crippen LogP contribution in [0.2, 0.25) is 10.0 Å². The lowest BCUT2D eigenvalue weighted by Crippen LogP contribution is -2.12. The summed E-state index contributed by atoms with van der Waals surface area (Å²) in [4.78, 5) is 12.5. The molecule has 0 radical (unpaired) electrons. The molecule has 3 rings (SSSR count). The number of hydrogen-bond acceptors (Lipinski definition) is 5. The Kier molecular flexibility index (Phi) is 5.70. The van der Waals surface area contributed by atoms with Crippen molar-refractivity contribution in [3.63, 3.8) is 0 Å². The summed E-state index contributed by atoms with van der Waals surface area (Å²) in [6.45, 7) is 2.78. The van der Waals surface area contributed by atoms with Crippen molar-refractivity contribution in [3.8, 4) is 5.75 Å². The fourth-order valence-corrected chi connectivity index (χ4v) is 2.57. The van der Waals surface area contributed by atoms with Crippen molar-refractivity contribution in [3.05, 3.63) is 63.9 Å². The topological polar surface area (TPSA) is 81.9 Å². The van der Waals surface area contributed by atoms with Crippen LogP contribution in [0.1, 0.15) is 23.1 Å². The summed E-state index contributed by atoms with van der Waals surface area (Å²) in [5.41, 5.74) is 0.867. The third kappa shape index (κ3) is 4.30. The second-order valence-corrected chi connectivity index (χ2v) is 6.15. The Labute approximate surface area is 159 Å². The second-order valence-electron chi connectivity index (χ2n) is 5.31. The Balaban J connectivity index is 1.70. The van der Waals surface area contributed by atoms with Crippen LogP contribution in [0.5, 0.6) is 5.75 Å². The number of amides is 1. The average Bonchev–Trinajstić information content (AvgIpc) is 3.11. The SMILES string of the molecule is CCn1nnnc1COc1cccc(C(=O)Nc2cc(Cl)ccc2Cl)c1. The second kappa shape index (κ2) is 8.16. The zero-order valence-corrected chi connectivity index (χ0v) is 15.3. The Morgan fingerprint density at radius 3 is 2.88 bits per heavy atom. The predicted molar refractivity (Wildman–Crippen MR) is 98.7 cm³/mol. The number of carbonyl (C=O) groups is 1. The van der Waals surface area contributed by atoms with Crippen LogP contribution in [0, 0.1) is 0 Å². The molecule has 1 amide bonds. The van der Waals surface area contributed by atoms with Gasteiger partial charge in [0.1, 0.15) is 12.4 Å². The van der Waals surface area contributed by atoms with Gasteiger partial charge in [0.05, 0.1) is 10.7 Å². The summed E-state index contributed by atoms with van der Waals surface area (Å²) < 4.78 is 7.32. The van der Waals surface area contributed by atoms with Gasteiger partial charge in [-0.2, -0.15) is 0 Å². The third-order valence-corrected chi connectivity index (χ3v) is 4.11. The summed E-state index contributed by atoms with van der Waals surface area (Å²) in [6.07, 6.45) is 0. The van der Waals surface area contributed by atoms with E-state index in [4.69, 9.17) is 27.9 Å². The van der Waals surface area contributed by atoms with Crippen molar-refractivity contribution in [1.82, 2.24) is 20.2 Å². The van der Waals surface area contributed by atoms with E-state index in [1.807, 2.05) is 6.92 Å². The number of hydrogen-bond donors (Lipinski definition) is 1. The van der Waals surface area contributed by atoms with E-state index in [1.165, 1.54) is 0 Å². The lowest BCUT2D eigenvalue weighted by molar-refractivity contribution is 0.102. The molecule has 26 heavy (non-hydrogen) atoms. The molecule has 1 N–H and O–H groups in total. The van der Waals surface area contributed by atoms with Gasteiger partial charge in [0.2, 0.25) is 0 Å². The lowest BCUT2D eigenvalue weighted by atomic mass is 10.2. The molecule has 9 heteroatoms. The quantitative estimate of drug-likeness (QED) is 0.690.